The fourth-order valence-corrected chi connectivity index (χ4v) is 2.46. The van der Waals surface area contributed by atoms with E-state index in [1.165, 1.54) is 0 Å². The van der Waals surface area contributed by atoms with E-state index in [9.17, 15) is 0 Å². The Morgan fingerprint density at radius 2 is 2.00 bits per heavy atom. The summed E-state index contributed by atoms with van der Waals surface area (Å²) in [6, 6.07) is 5.42. The second-order valence-electron chi connectivity index (χ2n) is 6.01. The van der Waals surface area contributed by atoms with Crippen LogP contribution < -0.4 is 9.47 Å². The molecular formula is C15H17ClN2O2. The zero-order valence-electron chi connectivity index (χ0n) is 11.7. The summed E-state index contributed by atoms with van der Waals surface area (Å²) >= 11 is 6.02. The molecule has 0 saturated heterocycles. The molecule has 0 aliphatic carbocycles. The first-order valence-electron chi connectivity index (χ1n) is 6.55. The second kappa shape index (κ2) is 4.70. The van der Waals surface area contributed by atoms with Gasteiger partial charge < -0.3 is 9.47 Å². The minimum atomic E-state index is -0.244. The maximum Gasteiger partial charge on any atom is 0.214 e. The number of aromatic nitrogens is 2. The van der Waals surface area contributed by atoms with Crippen LogP contribution in [0.25, 0.3) is 0 Å². The maximum atomic E-state index is 6.16. The SMILES string of the molecule is CC(C)(C)C1Oc2cc(Cl)ccc2OC1n1ccnc1. The van der Waals surface area contributed by atoms with Gasteiger partial charge in [-0.05, 0) is 12.1 Å². The number of halogens is 1. The van der Waals surface area contributed by atoms with Crippen LogP contribution in [-0.2, 0) is 0 Å². The van der Waals surface area contributed by atoms with Crippen LogP contribution in [0, 0.1) is 5.41 Å². The Kier molecular flexibility index (Phi) is 3.13. The lowest BCUT2D eigenvalue weighted by atomic mass is 9.87. The molecule has 4 nitrogen and oxygen atoms in total. The van der Waals surface area contributed by atoms with Crippen molar-refractivity contribution in [2.24, 2.45) is 5.41 Å². The zero-order chi connectivity index (χ0) is 14.3. The highest BCUT2D eigenvalue weighted by atomic mass is 35.5. The molecule has 1 aromatic heterocycles. The number of imidazole rings is 1. The van der Waals surface area contributed by atoms with E-state index in [1.807, 2.05) is 16.8 Å². The molecule has 1 aliphatic heterocycles. The molecule has 0 radical (unpaired) electrons. The van der Waals surface area contributed by atoms with Gasteiger partial charge in [-0.25, -0.2) is 4.98 Å². The van der Waals surface area contributed by atoms with Crippen molar-refractivity contribution in [2.75, 3.05) is 0 Å². The van der Waals surface area contributed by atoms with Gasteiger partial charge in [0.15, 0.2) is 17.6 Å². The fraction of sp³-hybridized carbons (Fsp3) is 0.400. The molecule has 1 aromatic carbocycles. The van der Waals surface area contributed by atoms with Gasteiger partial charge in [0.25, 0.3) is 0 Å². The highest BCUT2D eigenvalue weighted by Crippen LogP contribution is 2.43. The highest BCUT2D eigenvalue weighted by Gasteiger charge is 2.40. The van der Waals surface area contributed by atoms with Crippen LogP contribution in [0.1, 0.15) is 27.0 Å². The van der Waals surface area contributed by atoms with Gasteiger partial charge in [0.05, 0.1) is 6.33 Å². The summed E-state index contributed by atoms with van der Waals surface area (Å²) in [6.45, 7) is 6.38. The van der Waals surface area contributed by atoms with Crippen LogP contribution in [0.4, 0.5) is 0 Å². The van der Waals surface area contributed by atoms with E-state index in [0.717, 1.165) is 0 Å². The molecule has 2 atom stereocenters. The van der Waals surface area contributed by atoms with E-state index >= 15 is 0 Å². The second-order valence-corrected chi connectivity index (χ2v) is 6.45. The number of hydrogen-bond donors (Lipinski definition) is 0. The predicted molar refractivity (Wildman–Crippen MR) is 77.2 cm³/mol. The maximum absolute atomic E-state index is 6.16. The van der Waals surface area contributed by atoms with Crippen LogP contribution >= 0.6 is 11.6 Å². The molecule has 2 unspecified atom stereocenters. The third kappa shape index (κ3) is 2.36. The van der Waals surface area contributed by atoms with E-state index in [0.29, 0.717) is 16.5 Å². The third-order valence-electron chi connectivity index (χ3n) is 3.34. The predicted octanol–water partition coefficient (Wildman–Crippen LogP) is 3.92. The topological polar surface area (TPSA) is 36.3 Å². The summed E-state index contributed by atoms with van der Waals surface area (Å²) in [7, 11) is 0. The fourth-order valence-electron chi connectivity index (χ4n) is 2.30. The van der Waals surface area contributed by atoms with Gasteiger partial charge in [0.2, 0.25) is 6.23 Å². The van der Waals surface area contributed by atoms with Gasteiger partial charge in [0, 0.05) is 28.9 Å². The first-order chi connectivity index (χ1) is 9.45. The summed E-state index contributed by atoms with van der Waals surface area (Å²) < 4.78 is 14.2. The van der Waals surface area contributed by atoms with E-state index in [-0.39, 0.29) is 17.7 Å². The van der Waals surface area contributed by atoms with E-state index < -0.39 is 0 Å². The normalized spacial score (nSPS) is 21.8. The molecule has 0 amide bonds. The zero-order valence-corrected chi connectivity index (χ0v) is 12.5. The number of rotatable bonds is 1. The minimum Gasteiger partial charge on any atom is -0.480 e. The molecule has 3 rings (SSSR count). The molecule has 1 aliphatic rings. The van der Waals surface area contributed by atoms with Gasteiger partial charge in [-0.1, -0.05) is 32.4 Å². The first kappa shape index (κ1) is 13.3. The summed E-state index contributed by atoms with van der Waals surface area (Å²) in [6.07, 6.45) is 4.98. The average Bonchev–Trinajstić information content (AvgIpc) is 2.90. The number of hydrogen-bond acceptors (Lipinski definition) is 3. The molecule has 2 aromatic rings. The Morgan fingerprint density at radius 1 is 1.20 bits per heavy atom. The molecule has 0 fully saturated rings. The molecule has 0 bridgehead atoms. The van der Waals surface area contributed by atoms with Crippen LogP contribution in [0.2, 0.25) is 5.02 Å². The van der Waals surface area contributed by atoms with Crippen molar-refractivity contribution in [1.29, 1.82) is 0 Å². The van der Waals surface area contributed by atoms with Gasteiger partial charge in [0.1, 0.15) is 0 Å². The number of fused-ring (bicyclic) bond motifs is 1. The summed E-state index contributed by atoms with van der Waals surface area (Å²) in [5.74, 6) is 1.39. The lowest BCUT2D eigenvalue weighted by Crippen LogP contribution is -2.44. The average molecular weight is 293 g/mol. The van der Waals surface area contributed by atoms with Gasteiger partial charge in [-0.15, -0.1) is 0 Å². The quantitative estimate of drug-likeness (QED) is 0.799. The standard InChI is InChI=1S/C15H17ClN2O2/c1-15(2,3)13-14(18-7-6-17-9-18)20-11-5-4-10(16)8-12(11)19-13/h4-9,13-14H,1-3H3. The van der Waals surface area contributed by atoms with Crippen LogP contribution in [0.5, 0.6) is 11.5 Å². The van der Waals surface area contributed by atoms with Gasteiger partial charge in [-0.2, -0.15) is 0 Å². The van der Waals surface area contributed by atoms with Crippen molar-refractivity contribution in [3.63, 3.8) is 0 Å². The van der Waals surface area contributed by atoms with Crippen LogP contribution in [0.15, 0.2) is 36.9 Å². The highest BCUT2D eigenvalue weighted by molar-refractivity contribution is 6.30. The monoisotopic (exact) mass is 292 g/mol. The van der Waals surface area contributed by atoms with E-state index in [2.05, 4.69) is 25.8 Å². The largest absolute Gasteiger partial charge is 0.480 e. The number of nitrogens with zero attached hydrogens (tertiary/aromatic N) is 2. The Hall–Kier alpha value is -1.68. The molecule has 106 valence electrons. The summed E-state index contributed by atoms with van der Waals surface area (Å²) in [5, 5.41) is 0.640. The Balaban J connectivity index is 2.03. The van der Waals surface area contributed by atoms with Crippen molar-refractivity contribution in [3.8, 4) is 11.5 Å². The van der Waals surface area contributed by atoms with E-state index in [1.54, 1.807) is 24.7 Å². The number of benzene rings is 1. The van der Waals surface area contributed by atoms with Crippen LogP contribution in [-0.4, -0.2) is 15.7 Å². The molecule has 0 N–H and O–H groups in total. The molecule has 20 heavy (non-hydrogen) atoms. The Bertz CT molecular complexity index is 605. The van der Waals surface area contributed by atoms with E-state index in [4.69, 9.17) is 21.1 Å². The first-order valence-corrected chi connectivity index (χ1v) is 6.93. The minimum absolute atomic E-state index is 0.0883. The molecule has 0 spiro atoms. The smallest absolute Gasteiger partial charge is 0.214 e. The summed E-state index contributed by atoms with van der Waals surface area (Å²) in [4.78, 5) is 4.09. The van der Waals surface area contributed by atoms with Crippen molar-refractivity contribution in [1.82, 2.24) is 9.55 Å². The molecular weight excluding hydrogens is 276 g/mol. The van der Waals surface area contributed by atoms with Crippen molar-refractivity contribution in [3.05, 3.63) is 41.9 Å². The Morgan fingerprint density at radius 3 is 2.65 bits per heavy atom. The molecule has 5 heteroatoms. The van der Waals surface area contributed by atoms with Gasteiger partial charge >= 0.3 is 0 Å². The van der Waals surface area contributed by atoms with Crippen molar-refractivity contribution in [2.45, 2.75) is 33.1 Å². The van der Waals surface area contributed by atoms with Crippen molar-refractivity contribution >= 4 is 11.6 Å². The Labute approximate surface area is 123 Å². The molecule has 2 heterocycles. The lowest BCUT2D eigenvalue weighted by Gasteiger charge is -2.41. The lowest BCUT2D eigenvalue weighted by molar-refractivity contribution is -0.0755. The summed E-state index contributed by atoms with van der Waals surface area (Å²) in [5.41, 5.74) is -0.0883. The number of ether oxygens (including phenoxy) is 2. The van der Waals surface area contributed by atoms with Crippen molar-refractivity contribution < 1.29 is 9.47 Å². The molecule has 0 saturated carbocycles. The third-order valence-corrected chi connectivity index (χ3v) is 3.57. The van der Waals surface area contributed by atoms with Crippen LogP contribution in [0.3, 0.4) is 0 Å². The van der Waals surface area contributed by atoms with Gasteiger partial charge in [-0.3, -0.25) is 4.57 Å².